The zero-order valence-corrected chi connectivity index (χ0v) is 18.2. The van der Waals surface area contributed by atoms with E-state index in [4.69, 9.17) is 0 Å². The number of carbonyl (C=O) groups is 2. The van der Waals surface area contributed by atoms with Crippen molar-refractivity contribution < 1.29 is 9.59 Å². The summed E-state index contributed by atoms with van der Waals surface area (Å²) < 4.78 is 0. The van der Waals surface area contributed by atoms with Gasteiger partial charge in [0.1, 0.15) is 5.82 Å². The van der Waals surface area contributed by atoms with E-state index < -0.39 is 0 Å². The summed E-state index contributed by atoms with van der Waals surface area (Å²) in [5.41, 5.74) is 2.17. The van der Waals surface area contributed by atoms with Crippen LogP contribution in [-0.4, -0.2) is 28.3 Å². The Kier molecular flexibility index (Phi) is 5.32. The summed E-state index contributed by atoms with van der Waals surface area (Å²) >= 11 is 0. The van der Waals surface area contributed by atoms with Crippen LogP contribution in [0, 0.1) is 23.2 Å². The summed E-state index contributed by atoms with van der Waals surface area (Å²) in [7, 11) is 0. The van der Waals surface area contributed by atoms with Crippen molar-refractivity contribution in [1.82, 2.24) is 20.6 Å². The first-order chi connectivity index (χ1) is 15.0. The fourth-order valence-electron chi connectivity index (χ4n) is 6.77. The number of nitrogens with zero attached hydrogens (tertiary/aromatic N) is 1. The van der Waals surface area contributed by atoms with Gasteiger partial charge in [-0.1, -0.05) is 30.3 Å². The first-order valence-electron chi connectivity index (χ1n) is 11.6. The van der Waals surface area contributed by atoms with E-state index in [2.05, 4.69) is 20.6 Å². The summed E-state index contributed by atoms with van der Waals surface area (Å²) in [6.45, 7) is 1.91. The molecule has 4 fully saturated rings. The molecule has 1 aromatic carbocycles. The van der Waals surface area contributed by atoms with Crippen molar-refractivity contribution in [3.05, 3.63) is 42.4 Å². The van der Waals surface area contributed by atoms with E-state index in [1.165, 1.54) is 38.5 Å². The Hall–Kier alpha value is -2.63. The molecule has 4 bridgehead atoms. The molecule has 0 spiro atoms. The lowest BCUT2D eigenvalue weighted by Crippen LogP contribution is -2.48. The second-order valence-electron chi connectivity index (χ2n) is 10.2. The molecular formula is C25H32N4O2. The van der Waals surface area contributed by atoms with Crippen LogP contribution >= 0.6 is 0 Å². The van der Waals surface area contributed by atoms with Crippen LogP contribution in [-0.2, 0) is 9.59 Å². The van der Waals surface area contributed by atoms with Crippen molar-refractivity contribution in [1.29, 1.82) is 0 Å². The number of rotatable bonds is 7. The fourth-order valence-corrected chi connectivity index (χ4v) is 6.77. The monoisotopic (exact) mass is 420 g/mol. The van der Waals surface area contributed by atoms with Gasteiger partial charge in [-0.05, 0) is 74.2 Å². The van der Waals surface area contributed by atoms with Gasteiger partial charge in [-0.3, -0.25) is 9.59 Å². The average Bonchev–Trinajstić information content (AvgIpc) is 3.22. The highest BCUT2D eigenvalue weighted by atomic mass is 16.2. The summed E-state index contributed by atoms with van der Waals surface area (Å²) in [4.78, 5) is 32.7. The fraction of sp³-hybridized carbons (Fsp3) is 0.560. The maximum Gasteiger partial charge on any atom is 0.239 e. The minimum atomic E-state index is -0.259. The largest absolute Gasteiger partial charge is 0.347 e. The van der Waals surface area contributed by atoms with E-state index in [-0.39, 0.29) is 29.8 Å². The van der Waals surface area contributed by atoms with Gasteiger partial charge >= 0.3 is 0 Å². The van der Waals surface area contributed by atoms with Gasteiger partial charge in [0.05, 0.1) is 24.5 Å². The van der Waals surface area contributed by atoms with Crippen molar-refractivity contribution in [3.8, 4) is 11.3 Å². The van der Waals surface area contributed by atoms with Crippen LogP contribution in [0.2, 0.25) is 0 Å². The number of nitrogens with one attached hydrogen (secondary N) is 3. The molecule has 2 amide bonds. The normalized spacial score (nSPS) is 29.5. The summed E-state index contributed by atoms with van der Waals surface area (Å²) in [5, 5.41) is 5.79. The molecule has 1 heterocycles. The van der Waals surface area contributed by atoms with Crippen molar-refractivity contribution in [2.24, 2.45) is 23.2 Å². The molecule has 2 aromatic rings. The molecule has 6 nitrogen and oxygen atoms in total. The van der Waals surface area contributed by atoms with Crippen LogP contribution < -0.4 is 10.6 Å². The van der Waals surface area contributed by atoms with Gasteiger partial charge in [0.2, 0.25) is 11.8 Å². The Morgan fingerprint density at radius 1 is 1.06 bits per heavy atom. The number of aromatic nitrogens is 2. The third kappa shape index (κ3) is 4.39. The highest BCUT2D eigenvalue weighted by Crippen LogP contribution is 2.61. The molecule has 4 saturated carbocycles. The molecule has 6 rings (SSSR count). The minimum absolute atomic E-state index is 0.0157. The van der Waals surface area contributed by atoms with E-state index in [1.54, 1.807) is 6.20 Å². The molecule has 6 heteroatoms. The lowest BCUT2D eigenvalue weighted by molar-refractivity contribution is -0.132. The maximum atomic E-state index is 12.6. The van der Waals surface area contributed by atoms with Gasteiger partial charge in [-0.15, -0.1) is 0 Å². The van der Waals surface area contributed by atoms with Crippen LogP contribution in [0.4, 0.5) is 0 Å². The van der Waals surface area contributed by atoms with E-state index in [0.717, 1.165) is 29.0 Å². The zero-order chi connectivity index (χ0) is 21.4. The summed E-state index contributed by atoms with van der Waals surface area (Å²) in [6.07, 6.45) is 10.1. The van der Waals surface area contributed by atoms with Gasteiger partial charge in [-0.2, -0.15) is 0 Å². The number of carbonyl (C=O) groups excluding carboxylic acids is 2. The Labute approximate surface area is 183 Å². The number of benzene rings is 1. The Morgan fingerprint density at radius 2 is 1.71 bits per heavy atom. The highest BCUT2D eigenvalue weighted by Gasteiger charge is 2.51. The molecule has 0 saturated heterocycles. The smallest absolute Gasteiger partial charge is 0.239 e. The Balaban J connectivity index is 1.10. The quantitative estimate of drug-likeness (QED) is 0.633. The van der Waals surface area contributed by atoms with Crippen LogP contribution in [0.1, 0.15) is 63.7 Å². The van der Waals surface area contributed by atoms with Crippen molar-refractivity contribution in [2.45, 2.75) is 57.9 Å². The van der Waals surface area contributed by atoms with E-state index in [0.29, 0.717) is 12.2 Å². The summed E-state index contributed by atoms with van der Waals surface area (Å²) in [6, 6.07) is 9.70. The number of hydrogen-bond donors (Lipinski definition) is 3. The van der Waals surface area contributed by atoms with Gasteiger partial charge < -0.3 is 15.6 Å². The molecule has 0 aliphatic heterocycles. The molecule has 164 valence electrons. The molecule has 0 radical (unpaired) electrons. The second kappa shape index (κ2) is 8.13. The molecule has 4 aliphatic rings. The van der Waals surface area contributed by atoms with Gasteiger partial charge in [0.15, 0.2) is 0 Å². The molecule has 1 unspecified atom stereocenters. The van der Waals surface area contributed by atoms with Crippen molar-refractivity contribution >= 4 is 11.8 Å². The predicted molar refractivity (Wildman–Crippen MR) is 119 cm³/mol. The number of amides is 2. The lowest BCUT2D eigenvalue weighted by Gasteiger charge is -2.56. The predicted octanol–water partition coefficient (Wildman–Crippen LogP) is 3.98. The lowest BCUT2D eigenvalue weighted by atomic mass is 9.49. The van der Waals surface area contributed by atoms with Crippen LogP contribution in [0.3, 0.4) is 0 Å². The van der Waals surface area contributed by atoms with Crippen molar-refractivity contribution in [3.63, 3.8) is 0 Å². The van der Waals surface area contributed by atoms with Gasteiger partial charge in [-0.25, -0.2) is 4.98 Å². The molecule has 1 aromatic heterocycles. The Bertz CT molecular complexity index is 916. The van der Waals surface area contributed by atoms with Crippen molar-refractivity contribution in [2.75, 3.05) is 6.54 Å². The topological polar surface area (TPSA) is 86.9 Å². The first kappa shape index (κ1) is 20.3. The Morgan fingerprint density at radius 3 is 2.35 bits per heavy atom. The van der Waals surface area contributed by atoms with Crippen LogP contribution in [0.5, 0.6) is 0 Å². The molecule has 3 N–H and O–H groups in total. The molecule has 4 aliphatic carbocycles. The average molecular weight is 421 g/mol. The third-order valence-electron chi connectivity index (χ3n) is 7.61. The van der Waals surface area contributed by atoms with E-state index >= 15 is 0 Å². The van der Waals surface area contributed by atoms with E-state index in [9.17, 15) is 9.59 Å². The number of hydrogen-bond acceptors (Lipinski definition) is 3. The van der Waals surface area contributed by atoms with Gasteiger partial charge in [0, 0.05) is 6.42 Å². The third-order valence-corrected chi connectivity index (χ3v) is 7.61. The zero-order valence-electron chi connectivity index (χ0n) is 18.2. The first-order valence-corrected chi connectivity index (χ1v) is 11.6. The minimum Gasteiger partial charge on any atom is -0.347 e. The highest BCUT2D eigenvalue weighted by molar-refractivity contribution is 5.85. The van der Waals surface area contributed by atoms with Crippen LogP contribution in [0.25, 0.3) is 11.3 Å². The SMILES string of the molecule is CC(NC(=O)CNC(=O)CC12CC3CC(CC(C3)C1)C2)c1ncc(-c2ccccc2)[nH]1. The number of imidazole rings is 1. The van der Waals surface area contributed by atoms with E-state index in [1.807, 2.05) is 37.3 Å². The second-order valence-corrected chi connectivity index (χ2v) is 10.2. The number of H-pyrrole nitrogens is 1. The number of aromatic amines is 1. The molecule has 1 atom stereocenters. The maximum absolute atomic E-state index is 12.6. The van der Waals surface area contributed by atoms with Gasteiger partial charge in [0.25, 0.3) is 0 Å². The van der Waals surface area contributed by atoms with Crippen LogP contribution in [0.15, 0.2) is 36.5 Å². The molecule has 31 heavy (non-hydrogen) atoms. The summed E-state index contributed by atoms with van der Waals surface area (Å²) in [5.74, 6) is 3.03. The standard InChI is InChI=1S/C25H32N4O2/c1-16(24-27-14-21(29-24)20-5-3-2-4-6-20)28-23(31)15-26-22(30)13-25-10-17-7-18(11-25)9-19(8-17)12-25/h2-6,14,16-19H,7-13,15H2,1H3,(H,26,30)(H,27,29)(H,28,31). The molecular weight excluding hydrogens is 388 g/mol.